The number of ether oxygens (including phenoxy) is 1. The summed E-state index contributed by atoms with van der Waals surface area (Å²) in [6.45, 7) is 0.367. The molecule has 5 nitrogen and oxygen atoms in total. The normalized spacial score (nSPS) is 20.9. The number of nitrogens with one attached hydrogen (secondary N) is 1. The molecule has 2 aliphatic rings. The van der Waals surface area contributed by atoms with Crippen LogP contribution in [0, 0.1) is 12.3 Å². The van der Waals surface area contributed by atoms with Crippen molar-refractivity contribution in [2.75, 3.05) is 13.7 Å². The molecule has 1 N–H and O–H groups in total. The summed E-state index contributed by atoms with van der Waals surface area (Å²) in [5.41, 5.74) is 0.743. The smallest absolute Gasteiger partial charge is 0.223 e. The standard InChI is InChI=1S/C28H34N2O3/c1-3-19-30(22-9-5-4-6-10-22)27(32)16-18-28(17-15-26(31)29-28)20-21-13-14-25(33-2)24-12-8-7-11-23(21)24/h1,7-8,11-14,22H,4-6,9-10,15-20H2,2H3,(H,29,31)/t28-/m1/s1. The third-order valence-electron chi connectivity index (χ3n) is 7.37. The molecule has 2 aromatic rings. The van der Waals surface area contributed by atoms with E-state index in [1.54, 1.807) is 7.11 Å². The molecule has 1 aliphatic carbocycles. The molecule has 1 atom stereocenters. The van der Waals surface area contributed by atoms with Gasteiger partial charge in [0.2, 0.25) is 11.8 Å². The Morgan fingerprint density at radius 2 is 1.94 bits per heavy atom. The molecule has 1 saturated heterocycles. The summed E-state index contributed by atoms with van der Waals surface area (Å²) in [6, 6.07) is 12.5. The number of fused-ring (bicyclic) bond motifs is 1. The Balaban J connectivity index is 1.54. The van der Waals surface area contributed by atoms with E-state index in [4.69, 9.17) is 11.2 Å². The highest BCUT2D eigenvalue weighted by atomic mass is 16.5. The quantitative estimate of drug-likeness (QED) is 0.602. The van der Waals surface area contributed by atoms with Gasteiger partial charge in [0.05, 0.1) is 13.7 Å². The largest absolute Gasteiger partial charge is 0.496 e. The van der Waals surface area contributed by atoms with Gasteiger partial charge in [-0.3, -0.25) is 9.59 Å². The first-order valence-corrected chi connectivity index (χ1v) is 12.1. The molecule has 5 heteroatoms. The van der Waals surface area contributed by atoms with Gasteiger partial charge in [-0.1, -0.05) is 55.5 Å². The van der Waals surface area contributed by atoms with E-state index in [-0.39, 0.29) is 17.9 Å². The maximum Gasteiger partial charge on any atom is 0.223 e. The number of carbonyl (C=O) groups excluding carboxylic acids is 2. The fraction of sp³-hybridized carbons (Fsp3) is 0.500. The van der Waals surface area contributed by atoms with Crippen LogP contribution in [-0.2, 0) is 16.0 Å². The summed E-state index contributed by atoms with van der Waals surface area (Å²) >= 11 is 0. The summed E-state index contributed by atoms with van der Waals surface area (Å²) in [5.74, 6) is 3.70. The van der Waals surface area contributed by atoms with Crippen LogP contribution in [0.5, 0.6) is 5.75 Å². The van der Waals surface area contributed by atoms with E-state index in [0.29, 0.717) is 32.2 Å². The zero-order chi connectivity index (χ0) is 23.3. The van der Waals surface area contributed by atoms with Gasteiger partial charge in [0.25, 0.3) is 0 Å². The van der Waals surface area contributed by atoms with E-state index in [0.717, 1.165) is 54.2 Å². The molecule has 0 radical (unpaired) electrons. The Morgan fingerprint density at radius 1 is 1.18 bits per heavy atom. The number of hydrogen-bond donors (Lipinski definition) is 1. The van der Waals surface area contributed by atoms with E-state index >= 15 is 0 Å². The molecule has 0 aromatic heterocycles. The van der Waals surface area contributed by atoms with Crippen LogP contribution in [0.4, 0.5) is 0 Å². The fourth-order valence-electron chi connectivity index (χ4n) is 5.61. The summed E-state index contributed by atoms with van der Waals surface area (Å²) in [5, 5.41) is 5.42. The molecule has 1 aliphatic heterocycles. The highest BCUT2D eigenvalue weighted by molar-refractivity contribution is 5.91. The van der Waals surface area contributed by atoms with E-state index in [1.165, 1.54) is 6.42 Å². The highest BCUT2D eigenvalue weighted by Crippen LogP contribution is 2.35. The number of methoxy groups -OCH3 is 1. The molecule has 2 fully saturated rings. The number of rotatable bonds is 8. The van der Waals surface area contributed by atoms with Crippen LogP contribution in [0.25, 0.3) is 10.8 Å². The van der Waals surface area contributed by atoms with Crippen LogP contribution >= 0.6 is 0 Å². The molecule has 1 saturated carbocycles. The summed E-state index contributed by atoms with van der Waals surface area (Å²) in [7, 11) is 1.68. The van der Waals surface area contributed by atoms with Gasteiger partial charge in [0.1, 0.15) is 5.75 Å². The van der Waals surface area contributed by atoms with Crippen molar-refractivity contribution in [3.8, 4) is 18.1 Å². The van der Waals surface area contributed by atoms with E-state index in [2.05, 4.69) is 29.4 Å². The molecule has 0 bridgehead atoms. The van der Waals surface area contributed by atoms with Crippen LogP contribution in [0.15, 0.2) is 36.4 Å². The molecule has 33 heavy (non-hydrogen) atoms. The molecule has 0 spiro atoms. The summed E-state index contributed by atoms with van der Waals surface area (Å²) in [6.07, 6.45) is 14.2. The molecular weight excluding hydrogens is 412 g/mol. The maximum absolute atomic E-state index is 13.3. The molecule has 0 unspecified atom stereocenters. The Bertz CT molecular complexity index is 1050. The van der Waals surface area contributed by atoms with Crippen LogP contribution in [0.2, 0.25) is 0 Å². The molecule has 174 valence electrons. The number of terminal acetylenes is 1. The van der Waals surface area contributed by atoms with Crippen molar-refractivity contribution in [1.29, 1.82) is 0 Å². The third kappa shape index (κ3) is 5.16. The zero-order valence-corrected chi connectivity index (χ0v) is 19.6. The number of hydrogen-bond acceptors (Lipinski definition) is 3. The van der Waals surface area contributed by atoms with Crippen molar-refractivity contribution in [2.24, 2.45) is 0 Å². The molecule has 2 aromatic carbocycles. The predicted molar refractivity (Wildman–Crippen MR) is 131 cm³/mol. The van der Waals surface area contributed by atoms with Gasteiger partial charge in [0.15, 0.2) is 0 Å². The lowest BCUT2D eigenvalue weighted by atomic mass is 9.83. The average Bonchev–Trinajstić information content (AvgIpc) is 3.22. The second-order valence-corrected chi connectivity index (χ2v) is 9.50. The molecule has 2 amide bonds. The van der Waals surface area contributed by atoms with Gasteiger partial charge in [0, 0.05) is 29.8 Å². The number of benzene rings is 2. The van der Waals surface area contributed by atoms with Crippen molar-refractivity contribution in [3.05, 3.63) is 42.0 Å². The van der Waals surface area contributed by atoms with Crippen LogP contribution in [0.3, 0.4) is 0 Å². The number of carbonyl (C=O) groups is 2. The van der Waals surface area contributed by atoms with E-state index in [1.807, 2.05) is 23.1 Å². The van der Waals surface area contributed by atoms with Crippen molar-refractivity contribution in [2.45, 2.75) is 75.8 Å². The van der Waals surface area contributed by atoms with Gasteiger partial charge in [-0.15, -0.1) is 6.42 Å². The second kappa shape index (κ2) is 10.3. The van der Waals surface area contributed by atoms with Gasteiger partial charge in [-0.25, -0.2) is 0 Å². The van der Waals surface area contributed by atoms with Crippen LogP contribution < -0.4 is 10.1 Å². The first-order valence-electron chi connectivity index (χ1n) is 12.1. The topological polar surface area (TPSA) is 58.6 Å². The Kier molecular flexibility index (Phi) is 7.23. The Morgan fingerprint density at radius 3 is 2.61 bits per heavy atom. The van der Waals surface area contributed by atoms with Gasteiger partial charge >= 0.3 is 0 Å². The lowest BCUT2D eigenvalue weighted by Gasteiger charge is -2.35. The second-order valence-electron chi connectivity index (χ2n) is 9.50. The average molecular weight is 447 g/mol. The van der Waals surface area contributed by atoms with Gasteiger partial charge < -0.3 is 15.0 Å². The van der Waals surface area contributed by atoms with E-state index in [9.17, 15) is 9.59 Å². The lowest BCUT2D eigenvalue weighted by Crippen LogP contribution is -2.46. The Labute approximate surface area is 196 Å². The zero-order valence-electron chi connectivity index (χ0n) is 19.6. The van der Waals surface area contributed by atoms with Crippen molar-refractivity contribution in [1.82, 2.24) is 10.2 Å². The van der Waals surface area contributed by atoms with Crippen LogP contribution in [-0.4, -0.2) is 41.9 Å². The maximum atomic E-state index is 13.3. The van der Waals surface area contributed by atoms with Gasteiger partial charge in [-0.05, 0) is 49.1 Å². The first-order chi connectivity index (χ1) is 16.0. The Hall–Kier alpha value is -3.00. The van der Waals surface area contributed by atoms with Crippen molar-refractivity contribution >= 4 is 22.6 Å². The number of amides is 2. The van der Waals surface area contributed by atoms with Crippen molar-refractivity contribution < 1.29 is 14.3 Å². The predicted octanol–water partition coefficient (Wildman–Crippen LogP) is 4.61. The summed E-state index contributed by atoms with van der Waals surface area (Å²) < 4.78 is 5.54. The minimum absolute atomic E-state index is 0.0630. The fourth-order valence-corrected chi connectivity index (χ4v) is 5.61. The lowest BCUT2D eigenvalue weighted by molar-refractivity contribution is -0.134. The van der Waals surface area contributed by atoms with Crippen molar-refractivity contribution in [3.63, 3.8) is 0 Å². The minimum atomic E-state index is -0.418. The van der Waals surface area contributed by atoms with E-state index < -0.39 is 5.54 Å². The molecule has 4 rings (SSSR count). The molecule has 1 heterocycles. The summed E-state index contributed by atoms with van der Waals surface area (Å²) in [4.78, 5) is 27.5. The van der Waals surface area contributed by atoms with Gasteiger partial charge in [-0.2, -0.15) is 0 Å². The molecular formula is C28H34N2O3. The SMILES string of the molecule is C#CCN(C(=O)CC[C@@]1(Cc2ccc(OC)c3ccccc23)CCC(=O)N1)C1CCCCC1. The highest BCUT2D eigenvalue weighted by Gasteiger charge is 2.39. The minimum Gasteiger partial charge on any atom is -0.496 e. The monoisotopic (exact) mass is 446 g/mol. The number of nitrogens with zero attached hydrogens (tertiary/aromatic N) is 1. The van der Waals surface area contributed by atoms with Crippen LogP contribution in [0.1, 0.15) is 63.4 Å². The third-order valence-corrected chi connectivity index (χ3v) is 7.37. The first kappa shape index (κ1) is 23.2.